The standard InChI is InChI=1S/C39H51N9O3/c1-45(33-10-12-36(49)44-39(33)51)31-9-11-34(41-24-31)48-21-13-28(14-22-48)26-46-19-15-30(16-20-46)29-7-5-27(6-8-29)23-32-37(38(40)50)42-25-35(43-32)47-17-3-2-4-18-47/h5-9,11,24-25,28,30,33H,2-4,10,12-23,26H2,1H3,(H2,40,50)(H,44,49,51). The smallest absolute Gasteiger partial charge is 0.269 e. The van der Waals surface area contributed by atoms with Gasteiger partial charge in [0, 0.05) is 52.6 Å². The molecule has 0 bridgehead atoms. The molecule has 3 aromatic rings. The highest BCUT2D eigenvalue weighted by Gasteiger charge is 2.31. The van der Waals surface area contributed by atoms with E-state index in [-0.39, 0.29) is 23.6 Å². The minimum atomic E-state index is -0.531. The topological polar surface area (TPSA) is 141 Å². The molecule has 0 radical (unpaired) electrons. The zero-order chi connectivity index (χ0) is 35.3. The molecule has 4 aliphatic heterocycles. The summed E-state index contributed by atoms with van der Waals surface area (Å²) in [5, 5.41) is 2.44. The number of likely N-dealkylation sites (tertiary alicyclic amines) is 1. The van der Waals surface area contributed by atoms with E-state index in [2.05, 4.69) is 55.3 Å². The van der Waals surface area contributed by atoms with E-state index in [9.17, 15) is 14.4 Å². The van der Waals surface area contributed by atoms with Crippen molar-refractivity contribution in [3.8, 4) is 0 Å². The number of pyridine rings is 1. The van der Waals surface area contributed by atoms with Crippen LogP contribution in [0.5, 0.6) is 0 Å². The maximum Gasteiger partial charge on any atom is 0.269 e. The van der Waals surface area contributed by atoms with Crippen LogP contribution in [0.4, 0.5) is 17.3 Å². The highest BCUT2D eigenvalue weighted by atomic mass is 16.2. The molecule has 6 heterocycles. The number of anilines is 3. The first-order chi connectivity index (χ1) is 24.8. The van der Waals surface area contributed by atoms with Crippen LogP contribution >= 0.6 is 0 Å². The summed E-state index contributed by atoms with van der Waals surface area (Å²) in [5.41, 5.74) is 9.97. The Bertz CT molecular complexity index is 1680. The van der Waals surface area contributed by atoms with E-state index in [4.69, 9.17) is 15.7 Å². The average Bonchev–Trinajstić information content (AvgIpc) is 3.16. The summed E-state index contributed by atoms with van der Waals surface area (Å²) in [4.78, 5) is 59.2. The summed E-state index contributed by atoms with van der Waals surface area (Å²) < 4.78 is 0. The van der Waals surface area contributed by atoms with E-state index in [1.165, 1.54) is 12.0 Å². The Morgan fingerprint density at radius 2 is 1.57 bits per heavy atom. The number of imide groups is 1. The lowest BCUT2D eigenvalue weighted by atomic mass is 9.87. The summed E-state index contributed by atoms with van der Waals surface area (Å²) in [7, 11) is 1.89. The van der Waals surface area contributed by atoms with E-state index >= 15 is 0 Å². The van der Waals surface area contributed by atoms with Crippen LogP contribution in [-0.2, 0) is 16.0 Å². The van der Waals surface area contributed by atoms with Crippen molar-refractivity contribution in [3.63, 3.8) is 0 Å². The molecular formula is C39H51N9O3. The second-order valence-electron chi connectivity index (χ2n) is 14.8. The predicted molar refractivity (Wildman–Crippen MR) is 198 cm³/mol. The maximum absolute atomic E-state index is 12.3. The molecule has 4 aliphatic rings. The number of primary amides is 1. The highest BCUT2D eigenvalue weighted by molar-refractivity contribution is 6.01. The molecule has 7 rings (SSSR count). The van der Waals surface area contributed by atoms with Gasteiger partial charge in [-0.05, 0) is 99.6 Å². The number of nitrogens with one attached hydrogen (secondary N) is 1. The zero-order valence-corrected chi connectivity index (χ0v) is 29.8. The molecule has 0 saturated carbocycles. The van der Waals surface area contributed by atoms with Crippen LogP contribution in [0.25, 0.3) is 0 Å². The number of aromatic nitrogens is 3. The van der Waals surface area contributed by atoms with Gasteiger partial charge in [0.2, 0.25) is 11.8 Å². The fourth-order valence-corrected chi connectivity index (χ4v) is 8.29. The fourth-order valence-electron chi connectivity index (χ4n) is 8.29. The number of amides is 3. The van der Waals surface area contributed by atoms with Crippen molar-refractivity contribution >= 4 is 35.0 Å². The van der Waals surface area contributed by atoms with Crippen LogP contribution in [-0.4, -0.2) is 96.5 Å². The molecule has 12 nitrogen and oxygen atoms in total. The number of likely N-dealkylation sites (N-methyl/N-ethyl adjacent to an activating group) is 1. The first-order valence-electron chi connectivity index (χ1n) is 18.8. The quantitative estimate of drug-likeness (QED) is 0.301. The lowest BCUT2D eigenvalue weighted by Gasteiger charge is -2.38. The lowest BCUT2D eigenvalue weighted by Crippen LogP contribution is -2.51. The third-order valence-electron chi connectivity index (χ3n) is 11.4. The number of piperidine rings is 4. The van der Waals surface area contributed by atoms with Crippen LogP contribution in [0.1, 0.15) is 91.0 Å². The second-order valence-corrected chi connectivity index (χ2v) is 14.8. The molecule has 2 aromatic heterocycles. The molecule has 12 heteroatoms. The molecule has 4 saturated heterocycles. The number of hydrogen-bond donors (Lipinski definition) is 2. The molecule has 3 N–H and O–H groups in total. The Hall–Kier alpha value is -4.58. The van der Waals surface area contributed by atoms with Gasteiger partial charge in [-0.25, -0.2) is 15.0 Å². The molecular weight excluding hydrogens is 642 g/mol. The zero-order valence-electron chi connectivity index (χ0n) is 29.8. The Morgan fingerprint density at radius 1 is 0.843 bits per heavy atom. The number of rotatable bonds is 10. The van der Waals surface area contributed by atoms with Gasteiger partial charge >= 0.3 is 0 Å². The predicted octanol–water partition coefficient (Wildman–Crippen LogP) is 3.89. The van der Waals surface area contributed by atoms with Gasteiger partial charge in [-0.15, -0.1) is 0 Å². The van der Waals surface area contributed by atoms with E-state index in [1.807, 2.05) is 24.2 Å². The van der Waals surface area contributed by atoms with Gasteiger partial charge in [0.25, 0.3) is 5.91 Å². The van der Waals surface area contributed by atoms with Crippen molar-refractivity contribution in [1.29, 1.82) is 0 Å². The van der Waals surface area contributed by atoms with Crippen molar-refractivity contribution in [2.24, 2.45) is 11.7 Å². The molecule has 1 aromatic carbocycles. The van der Waals surface area contributed by atoms with Crippen molar-refractivity contribution in [3.05, 3.63) is 71.3 Å². The van der Waals surface area contributed by atoms with Crippen LogP contribution < -0.4 is 25.8 Å². The summed E-state index contributed by atoms with van der Waals surface area (Å²) in [5.74, 6) is 2.10. The first-order valence-corrected chi connectivity index (χ1v) is 18.8. The van der Waals surface area contributed by atoms with Gasteiger partial charge in [-0.3, -0.25) is 19.7 Å². The average molecular weight is 694 g/mol. The Balaban J connectivity index is 0.861. The summed E-state index contributed by atoms with van der Waals surface area (Å²) in [6.45, 7) is 7.34. The van der Waals surface area contributed by atoms with Crippen LogP contribution in [0.2, 0.25) is 0 Å². The lowest BCUT2D eigenvalue weighted by molar-refractivity contribution is -0.134. The normalized spacial score (nSPS) is 21.1. The number of carbonyl (C=O) groups is 3. The van der Waals surface area contributed by atoms with Crippen LogP contribution in [0.15, 0.2) is 48.8 Å². The molecule has 4 fully saturated rings. The van der Waals surface area contributed by atoms with E-state index in [0.717, 1.165) is 107 Å². The largest absolute Gasteiger partial charge is 0.364 e. The molecule has 1 atom stereocenters. The third-order valence-corrected chi connectivity index (χ3v) is 11.4. The first kappa shape index (κ1) is 34.9. The summed E-state index contributed by atoms with van der Waals surface area (Å²) in [6, 6.07) is 12.6. The van der Waals surface area contributed by atoms with Gasteiger partial charge in [0.05, 0.1) is 23.8 Å². The van der Waals surface area contributed by atoms with Crippen molar-refractivity contribution in [2.75, 3.05) is 67.6 Å². The minimum absolute atomic E-state index is 0.200. The van der Waals surface area contributed by atoms with Crippen molar-refractivity contribution < 1.29 is 14.4 Å². The fraction of sp³-hybridized carbons (Fsp3) is 0.538. The molecule has 1 unspecified atom stereocenters. The van der Waals surface area contributed by atoms with Gasteiger partial charge in [-0.1, -0.05) is 24.3 Å². The van der Waals surface area contributed by atoms with Crippen LogP contribution in [0, 0.1) is 5.92 Å². The van der Waals surface area contributed by atoms with E-state index in [1.54, 1.807) is 6.20 Å². The Morgan fingerprint density at radius 3 is 2.24 bits per heavy atom. The van der Waals surface area contributed by atoms with Gasteiger partial charge in [0.1, 0.15) is 23.4 Å². The second kappa shape index (κ2) is 15.8. The SMILES string of the molecule is CN(c1ccc(N2CCC(CN3CCC(c4ccc(Cc5nc(N6CCCCC6)cnc5C(N)=O)cc4)CC3)CC2)nc1)C1CCC(=O)NC1=O. The minimum Gasteiger partial charge on any atom is -0.364 e. The molecule has 3 amide bonds. The van der Waals surface area contributed by atoms with E-state index < -0.39 is 5.91 Å². The number of benzene rings is 1. The Labute approximate surface area is 300 Å². The van der Waals surface area contributed by atoms with E-state index in [0.29, 0.717) is 36.8 Å². The number of nitrogens with zero attached hydrogens (tertiary/aromatic N) is 7. The molecule has 270 valence electrons. The molecule has 51 heavy (non-hydrogen) atoms. The highest BCUT2D eigenvalue weighted by Crippen LogP contribution is 2.31. The summed E-state index contributed by atoms with van der Waals surface area (Å²) >= 11 is 0. The summed E-state index contributed by atoms with van der Waals surface area (Å²) in [6.07, 6.45) is 13.1. The molecule has 0 spiro atoms. The van der Waals surface area contributed by atoms with Gasteiger partial charge in [0.15, 0.2) is 0 Å². The Kier molecular flexibility index (Phi) is 10.8. The van der Waals surface area contributed by atoms with Crippen molar-refractivity contribution in [1.82, 2.24) is 25.2 Å². The van der Waals surface area contributed by atoms with Gasteiger partial charge < -0.3 is 25.3 Å². The number of nitrogens with two attached hydrogens (primary N) is 1. The van der Waals surface area contributed by atoms with Gasteiger partial charge in [-0.2, -0.15) is 0 Å². The molecule has 0 aliphatic carbocycles. The number of carbonyl (C=O) groups excluding carboxylic acids is 3. The monoisotopic (exact) mass is 693 g/mol. The number of hydrogen-bond acceptors (Lipinski definition) is 10. The third kappa shape index (κ3) is 8.32. The van der Waals surface area contributed by atoms with Crippen LogP contribution in [0.3, 0.4) is 0 Å². The van der Waals surface area contributed by atoms with Crippen molar-refractivity contribution in [2.45, 2.75) is 76.2 Å². The maximum atomic E-state index is 12.3.